The number of pyridine rings is 1. The van der Waals surface area contributed by atoms with E-state index in [-0.39, 0.29) is 37.2 Å². The summed E-state index contributed by atoms with van der Waals surface area (Å²) in [7, 11) is 3.43. The van der Waals surface area contributed by atoms with Crippen molar-refractivity contribution < 1.29 is 19.4 Å². The van der Waals surface area contributed by atoms with Gasteiger partial charge >= 0.3 is 0 Å². The molecule has 2 aromatic heterocycles. The molecular formula is C25H27N3O4. The average molecular weight is 434 g/mol. The summed E-state index contributed by atoms with van der Waals surface area (Å²) in [5, 5.41) is 9.20. The van der Waals surface area contributed by atoms with Crippen LogP contribution >= 0.6 is 0 Å². The van der Waals surface area contributed by atoms with Crippen LogP contribution in [0, 0.1) is 5.92 Å². The summed E-state index contributed by atoms with van der Waals surface area (Å²) >= 11 is 0. The van der Waals surface area contributed by atoms with Gasteiger partial charge in [-0.15, -0.1) is 0 Å². The minimum atomic E-state index is -0.372. The highest BCUT2D eigenvalue weighted by Crippen LogP contribution is 2.39. The van der Waals surface area contributed by atoms with Crippen LogP contribution in [0.5, 0.6) is 5.75 Å². The number of carbonyl (C=O) groups is 2. The van der Waals surface area contributed by atoms with E-state index in [0.29, 0.717) is 24.2 Å². The molecule has 0 radical (unpaired) electrons. The Kier molecular flexibility index (Phi) is 6.37. The number of aliphatic hydroxyl groups is 1. The number of fused-ring (bicyclic) bond motifs is 1. The molecule has 2 N–H and O–H groups in total. The molecule has 3 aromatic rings. The fraction of sp³-hybridized carbons (Fsp3) is 0.320. The first-order chi connectivity index (χ1) is 15.5. The van der Waals surface area contributed by atoms with Crippen LogP contribution in [-0.2, 0) is 17.6 Å². The fourth-order valence-electron chi connectivity index (χ4n) is 4.33. The van der Waals surface area contributed by atoms with Crippen LogP contribution in [-0.4, -0.2) is 59.0 Å². The van der Waals surface area contributed by atoms with Crippen LogP contribution in [0.1, 0.15) is 33.6 Å². The molecule has 0 aliphatic heterocycles. The first-order valence-electron chi connectivity index (χ1n) is 10.7. The van der Waals surface area contributed by atoms with Crippen LogP contribution in [0.25, 0.3) is 11.3 Å². The van der Waals surface area contributed by atoms with E-state index >= 15 is 0 Å². The summed E-state index contributed by atoms with van der Waals surface area (Å²) in [6, 6.07) is 11.8. The van der Waals surface area contributed by atoms with Gasteiger partial charge in [-0.1, -0.05) is 30.3 Å². The summed E-state index contributed by atoms with van der Waals surface area (Å²) in [4.78, 5) is 35.0. The average Bonchev–Trinajstić information content (AvgIpc) is 3.16. The fourth-order valence-corrected chi connectivity index (χ4v) is 4.33. The van der Waals surface area contributed by atoms with Crippen LogP contribution in [0.15, 0.2) is 48.8 Å². The van der Waals surface area contributed by atoms with Gasteiger partial charge in [-0.25, -0.2) is 0 Å². The number of carbonyl (C=O) groups excluding carboxylic acids is 2. The van der Waals surface area contributed by atoms with Gasteiger partial charge < -0.3 is 19.7 Å². The molecule has 1 unspecified atom stereocenters. The van der Waals surface area contributed by atoms with Crippen molar-refractivity contribution in [3.05, 3.63) is 71.2 Å². The first-order valence-corrected chi connectivity index (χ1v) is 10.7. The molecule has 1 amide bonds. The highest BCUT2D eigenvalue weighted by molar-refractivity contribution is 6.04. The third-order valence-electron chi connectivity index (χ3n) is 5.76. The van der Waals surface area contributed by atoms with Crippen molar-refractivity contribution in [1.29, 1.82) is 0 Å². The van der Waals surface area contributed by atoms with Crippen LogP contribution < -0.4 is 4.74 Å². The number of ether oxygens (including phenoxy) is 1. The molecule has 0 saturated carbocycles. The zero-order valence-electron chi connectivity index (χ0n) is 18.3. The Balaban J connectivity index is 1.83. The second kappa shape index (κ2) is 9.36. The Labute approximate surface area is 187 Å². The van der Waals surface area contributed by atoms with Gasteiger partial charge in [0.25, 0.3) is 0 Å². The highest BCUT2D eigenvalue weighted by atomic mass is 16.5. The van der Waals surface area contributed by atoms with Crippen molar-refractivity contribution in [2.45, 2.75) is 19.3 Å². The number of rotatable bonds is 7. The number of amides is 1. The van der Waals surface area contributed by atoms with E-state index in [1.54, 1.807) is 31.4 Å². The number of nitrogens with one attached hydrogen (secondary N) is 1. The molecule has 32 heavy (non-hydrogen) atoms. The lowest BCUT2D eigenvalue weighted by Gasteiger charge is -2.24. The number of nitrogens with zero attached hydrogens (tertiary/aromatic N) is 2. The Morgan fingerprint density at radius 3 is 2.72 bits per heavy atom. The molecule has 0 bridgehead atoms. The number of aliphatic hydroxyl groups excluding tert-OH is 1. The molecule has 0 spiro atoms. The maximum absolute atomic E-state index is 13.3. The standard InChI is InChI=1S/C25H27N3O4/c1-28(2)25(31)17-13-20-23(21(30)14-17)19(12-16-6-4-3-5-7-16)24(27-20)18-8-9-26-15-22(18)32-11-10-29/h3-9,15,17,27,29H,10-14H2,1-2H3. The summed E-state index contributed by atoms with van der Waals surface area (Å²) in [5.41, 5.74) is 5.01. The predicted octanol–water partition coefficient (Wildman–Crippen LogP) is 2.87. The summed E-state index contributed by atoms with van der Waals surface area (Å²) in [6.07, 6.45) is 4.54. The zero-order chi connectivity index (χ0) is 22.7. The third kappa shape index (κ3) is 4.29. The summed E-state index contributed by atoms with van der Waals surface area (Å²) in [6.45, 7) is 0.0325. The molecule has 1 aliphatic carbocycles. The zero-order valence-corrected chi connectivity index (χ0v) is 18.3. The molecule has 1 atom stereocenters. The van der Waals surface area contributed by atoms with Crippen molar-refractivity contribution in [2.24, 2.45) is 5.92 Å². The van der Waals surface area contributed by atoms with Gasteiger partial charge in [-0.3, -0.25) is 14.6 Å². The Hall–Kier alpha value is -3.45. The molecule has 2 heterocycles. The Bertz CT molecular complexity index is 1120. The van der Waals surface area contributed by atoms with E-state index in [4.69, 9.17) is 4.74 Å². The second-order valence-corrected chi connectivity index (χ2v) is 8.20. The molecular weight excluding hydrogens is 406 g/mol. The van der Waals surface area contributed by atoms with Crippen LogP contribution in [0.4, 0.5) is 0 Å². The van der Waals surface area contributed by atoms with Crippen molar-refractivity contribution >= 4 is 11.7 Å². The number of ketones is 1. The first kappa shape index (κ1) is 21.8. The molecule has 0 saturated heterocycles. The van der Waals surface area contributed by atoms with E-state index in [0.717, 1.165) is 28.1 Å². The van der Waals surface area contributed by atoms with Gasteiger partial charge in [0, 0.05) is 56.4 Å². The van der Waals surface area contributed by atoms with Gasteiger partial charge in [0.15, 0.2) is 5.78 Å². The molecule has 166 valence electrons. The molecule has 0 fully saturated rings. The van der Waals surface area contributed by atoms with E-state index in [9.17, 15) is 14.7 Å². The van der Waals surface area contributed by atoms with Crippen LogP contribution in [0.2, 0.25) is 0 Å². The number of Topliss-reactive ketones (excluding diaryl/α,β-unsaturated/α-hetero) is 1. The Morgan fingerprint density at radius 2 is 2.00 bits per heavy atom. The third-order valence-corrected chi connectivity index (χ3v) is 5.76. The summed E-state index contributed by atoms with van der Waals surface area (Å²) in [5.74, 6) is 0.0962. The van der Waals surface area contributed by atoms with Gasteiger partial charge in [0.1, 0.15) is 12.4 Å². The number of H-pyrrole nitrogens is 1. The predicted molar refractivity (Wildman–Crippen MR) is 121 cm³/mol. The van der Waals surface area contributed by atoms with E-state index in [1.165, 1.54) is 0 Å². The highest BCUT2D eigenvalue weighted by Gasteiger charge is 2.35. The minimum absolute atomic E-state index is 0.0215. The molecule has 7 heteroatoms. The maximum Gasteiger partial charge on any atom is 0.226 e. The molecule has 4 rings (SSSR count). The number of aromatic nitrogens is 2. The van der Waals surface area contributed by atoms with Crippen molar-refractivity contribution in [3.63, 3.8) is 0 Å². The van der Waals surface area contributed by atoms with Gasteiger partial charge in [-0.05, 0) is 17.2 Å². The number of hydrogen-bond donors (Lipinski definition) is 2. The summed E-state index contributed by atoms with van der Waals surface area (Å²) < 4.78 is 5.72. The molecule has 1 aliphatic rings. The number of benzene rings is 1. The number of aromatic amines is 1. The topological polar surface area (TPSA) is 95.5 Å². The lowest BCUT2D eigenvalue weighted by molar-refractivity contribution is -0.133. The van der Waals surface area contributed by atoms with E-state index < -0.39 is 0 Å². The monoisotopic (exact) mass is 433 g/mol. The normalized spacial score (nSPS) is 15.3. The van der Waals surface area contributed by atoms with Gasteiger partial charge in [-0.2, -0.15) is 0 Å². The van der Waals surface area contributed by atoms with Crippen molar-refractivity contribution in [1.82, 2.24) is 14.9 Å². The minimum Gasteiger partial charge on any atom is -0.489 e. The van der Waals surface area contributed by atoms with Crippen molar-refractivity contribution in [2.75, 3.05) is 27.3 Å². The second-order valence-electron chi connectivity index (χ2n) is 8.20. The smallest absolute Gasteiger partial charge is 0.226 e. The maximum atomic E-state index is 13.3. The van der Waals surface area contributed by atoms with Gasteiger partial charge in [0.2, 0.25) is 5.91 Å². The van der Waals surface area contributed by atoms with E-state index in [2.05, 4.69) is 9.97 Å². The van der Waals surface area contributed by atoms with E-state index in [1.807, 2.05) is 36.4 Å². The quantitative estimate of drug-likeness (QED) is 0.597. The molecule has 1 aromatic carbocycles. The lowest BCUT2D eigenvalue weighted by Crippen LogP contribution is -2.35. The SMILES string of the molecule is CN(C)C(=O)C1CC(=O)c2c([nH]c(-c3ccncc3OCCO)c2Cc2ccccc2)C1. The van der Waals surface area contributed by atoms with Crippen LogP contribution in [0.3, 0.4) is 0 Å². The number of hydrogen-bond acceptors (Lipinski definition) is 5. The lowest BCUT2D eigenvalue weighted by atomic mass is 9.83. The van der Waals surface area contributed by atoms with Crippen molar-refractivity contribution in [3.8, 4) is 17.0 Å². The molecule has 7 nitrogen and oxygen atoms in total. The van der Waals surface area contributed by atoms with Gasteiger partial charge in [0.05, 0.1) is 24.4 Å². The largest absolute Gasteiger partial charge is 0.489 e. The Morgan fingerprint density at radius 1 is 1.22 bits per heavy atom.